The number of amides is 1. The fourth-order valence-corrected chi connectivity index (χ4v) is 1.25. The van der Waals surface area contributed by atoms with Crippen molar-refractivity contribution >= 4 is 5.91 Å². The van der Waals surface area contributed by atoms with Crippen LogP contribution in [0.15, 0.2) is 0 Å². The van der Waals surface area contributed by atoms with Crippen LogP contribution in [0.3, 0.4) is 0 Å². The van der Waals surface area contributed by atoms with Crippen LogP contribution in [0.4, 0.5) is 0 Å². The average Bonchev–Trinajstić information content (AvgIpc) is 2.23. The monoisotopic (exact) mass is 230 g/mol. The van der Waals surface area contributed by atoms with E-state index in [1.807, 2.05) is 34.6 Å². The zero-order valence-corrected chi connectivity index (χ0v) is 11.1. The van der Waals surface area contributed by atoms with Crippen molar-refractivity contribution in [3.05, 3.63) is 0 Å². The van der Waals surface area contributed by atoms with Crippen LogP contribution >= 0.6 is 0 Å². The summed E-state index contributed by atoms with van der Waals surface area (Å²) in [5, 5.41) is 12.7. The lowest BCUT2D eigenvalue weighted by Gasteiger charge is -2.29. The van der Waals surface area contributed by atoms with Gasteiger partial charge in [0.2, 0.25) is 5.91 Å². The standard InChI is InChI=1S/C12H26N2O2/c1-6-12(16,7-2)8-14-10(15)9(13)11(3,4)5/h9,16H,6-8,13H2,1-5H3,(H,14,15)/t9-/m1/s1. The predicted octanol–water partition coefficient (Wildman–Crippen LogP) is 1.03. The van der Waals surface area contributed by atoms with Crippen molar-refractivity contribution in [3.63, 3.8) is 0 Å². The molecule has 0 bridgehead atoms. The molecular weight excluding hydrogens is 204 g/mol. The van der Waals surface area contributed by atoms with E-state index in [1.165, 1.54) is 0 Å². The second kappa shape index (κ2) is 5.64. The summed E-state index contributed by atoms with van der Waals surface area (Å²) < 4.78 is 0. The summed E-state index contributed by atoms with van der Waals surface area (Å²) >= 11 is 0. The van der Waals surface area contributed by atoms with Crippen LogP contribution in [0, 0.1) is 5.41 Å². The maximum absolute atomic E-state index is 11.7. The number of nitrogens with two attached hydrogens (primary N) is 1. The summed E-state index contributed by atoms with van der Waals surface area (Å²) in [6.45, 7) is 9.83. The van der Waals surface area contributed by atoms with Gasteiger partial charge in [-0.2, -0.15) is 0 Å². The molecule has 0 aromatic heterocycles. The Labute approximate surface area is 98.6 Å². The lowest BCUT2D eigenvalue weighted by Crippen LogP contribution is -2.52. The van der Waals surface area contributed by atoms with Gasteiger partial charge in [0.25, 0.3) is 0 Å². The summed E-state index contributed by atoms with van der Waals surface area (Å²) in [6.07, 6.45) is 1.24. The Kier molecular flexibility index (Phi) is 5.42. The molecule has 1 atom stereocenters. The van der Waals surface area contributed by atoms with Crippen molar-refractivity contribution in [1.29, 1.82) is 0 Å². The number of carbonyl (C=O) groups excluding carboxylic acids is 1. The molecule has 0 aliphatic heterocycles. The minimum absolute atomic E-state index is 0.201. The fourth-order valence-electron chi connectivity index (χ4n) is 1.25. The molecule has 0 heterocycles. The highest BCUT2D eigenvalue weighted by molar-refractivity contribution is 5.82. The second-order valence-electron chi connectivity index (χ2n) is 5.49. The lowest BCUT2D eigenvalue weighted by molar-refractivity contribution is -0.125. The van der Waals surface area contributed by atoms with Crippen molar-refractivity contribution in [3.8, 4) is 0 Å². The zero-order valence-electron chi connectivity index (χ0n) is 11.1. The first kappa shape index (κ1) is 15.4. The molecule has 0 aromatic rings. The summed E-state index contributed by atoms with van der Waals surface area (Å²) in [6, 6.07) is -0.550. The highest BCUT2D eigenvalue weighted by Gasteiger charge is 2.29. The van der Waals surface area contributed by atoms with Crippen LogP contribution in [0.1, 0.15) is 47.5 Å². The highest BCUT2D eigenvalue weighted by Crippen LogP contribution is 2.18. The Bertz CT molecular complexity index is 230. The van der Waals surface area contributed by atoms with Crippen LogP contribution in [0.2, 0.25) is 0 Å². The number of carbonyl (C=O) groups is 1. The van der Waals surface area contributed by atoms with Crippen LogP contribution in [-0.2, 0) is 4.79 Å². The van der Waals surface area contributed by atoms with Gasteiger partial charge in [0, 0.05) is 6.54 Å². The van der Waals surface area contributed by atoms with E-state index < -0.39 is 11.6 Å². The number of nitrogens with one attached hydrogen (secondary N) is 1. The molecule has 0 fully saturated rings. The van der Waals surface area contributed by atoms with Gasteiger partial charge in [0.15, 0.2) is 0 Å². The van der Waals surface area contributed by atoms with E-state index in [-0.39, 0.29) is 17.9 Å². The van der Waals surface area contributed by atoms with Crippen LogP contribution in [0.25, 0.3) is 0 Å². The molecule has 0 radical (unpaired) electrons. The first-order chi connectivity index (χ1) is 7.16. The molecule has 0 unspecified atom stereocenters. The normalized spacial score (nSPS) is 14.7. The third kappa shape index (κ3) is 4.49. The molecule has 0 saturated carbocycles. The molecule has 0 saturated heterocycles. The van der Waals surface area contributed by atoms with Crippen LogP contribution in [0.5, 0.6) is 0 Å². The molecular formula is C12H26N2O2. The molecule has 0 aliphatic carbocycles. The van der Waals surface area contributed by atoms with E-state index in [4.69, 9.17) is 5.73 Å². The van der Waals surface area contributed by atoms with Crippen LogP contribution < -0.4 is 11.1 Å². The summed E-state index contributed by atoms with van der Waals surface area (Å²) in [7, 11) is 0. The van der Waals surface area contributed by atoms with E-state index in [0.717, 1.165) is 0 Å². The van der Waals surface area contributed by atoms with E-state index >= 15 is 0 Å². The molecule has 16 heavy (non-hydrogen) atoms. The quantitative estimate of drug-likeness (QED) is 0.660. The highest BCUT2D eigenvalue weighted by atomic mass is 16.3. The van der Waals surface area contributed by atoms with Gasteiger partial charge in [0.05, 0.1) is 11.6 Å². The van der Waals surface area contributed by atoms with E-state index in [2.05, 4.69) is 5.32 Å². The van der Waals surface area contributed by atoms with Crippen molar-refractivity contribution < 1.29 is 9.90 Å². The van der Waals surface area contributed by atoms with E-state index in [0.29, 0.717) is 12.8 Å². The van der Waals surface area contributed by atoms with Crippen molar-refractivity contribution in [2.75, 3.05) is 6.54 Å². The first-order valence-electron chi connectivity index (χ1n) is 5.92. The Morgan fingerprint density at radius 2 is 1.75 bits per heavy atom. The van der Waals surface area contributed by atoms with Gasteiger partial charge < -0.3 is 16.2 Å². The Morgan fingerprint density at radius 3 is 2.06 bits per heavy atom. The number of hydrogen-bond acceptors (Lipinski definition) is 3. The number of hydrogen-bond donors (Lipinski definition) is 3. The Hall–Kier alpha value is -0.610. The molecule has 4 nitrogen and oxygen atoms in total. The Morgan fingerprint density at radius 1 is 1.31 bits per heavy atom. The van der Waals surface area contributed by atoms with Gasteiger partial charge in [-0.05, 0) is 18.3 Å². The smallest absolute Gasteiger partial charge is 0.237 e. The van der Waals surface area contributed by atoms with Gasteiger partial charge in [-0.25, -0.2) is 0 Å². The number of rotatable bonds is 5. The molecule has 0 aliphatic rings. The maximum Gasteiger partial charge on any atom is 0.237 e. The van der Waals surface area contributed by atoms with Crippen molar-refractivity contribution in [2.45, 2.75) is 59.1 Å². The van der Waals surface area contributed by atoms with Gasteiger partial charge in [0.1, 0.15) is 0 Å². The summed E-state index contributed by atoms with van der Waals surface area (Å²) in [5.74, 6) is -0.201. The second-order valence-corrected chi connectivity index (χ2v) is 5.49. The predicted molar refractivity (Wildman–Crippen MR) is 66.0 cm³/mol. The molecule has 96 valence electrons. The van der Waals surface area contributed by atoms with E-state index in [1.54, 1.807) is 0 Å². The van der Waals surface area contributed by atoms with Gasteiger partial charge in [-0.15, -0.1) is 0 Å². The first-order valence-corrected chi connectivity index (χ1v) is 5.92. The molecule has 0 spiro atoms. The lowest BCUT2D eigenvalue weighted by atomic mass is 9.86. The topological polar surface area (TPSA) is 75.3 Å². The SMILES string of the molecule is CCC(O)(CC)CNC(=O)[C@@H](N)C(C)(C)C. The summed E-state index contributed by atoms with van der Waals surface area (Å²) in [5.41, 5.74) is 4.74. The van der Waals surface area contributed by atoms with Crippen LogP contribution in [-0.4, -0.2) is 29.2 Å². The Balaban J connectivity index is 4.28. The van der Waals surface area contributed by atoms with E-state index in [9.17, 15) is 9.90 Å². The van der Waals surface area contributed by atoms with Gasteiger partial charge in [-0.1, -0.05) is 34.6 Å². The fraction of sp³-hybridized carbons (Fsp3) is 0.917. The zero-order chi connectivity index (χ0) is 13.0. The van der Waals surface area contributed by atoms with Crippen molar-refractivity contribution in [1.82, 2.24) is 5.32 Å². The number of aliphatic hydroxyl groups is 1. The van der Waals surface area contributed by atoms with Gasteiger partial charge >= 0.3 is 0 Å². The van der Waals surface area contributed by atoms with Gasteiger partial charge in [-0.3, -0.25) is 4.79 Å². The minimum atomic E-state index is -0.812. The molecule has 4 heteroatoms. The maximum atomic E-state index is 11.7. The molecule has 4 N–H and O–H groups in total. The third-order valence-corrected chi connectivity index (χ3v) is 3.12. The minimum Gasteiger partial charge on any atom is -0.388 e. The molecule has 0 rings (SSSR count). The molecule has 1 amide bonds. The molecule has 0 aromatic carbocycles. The van der Waals surface area contributed by atoms with Crippen molar-refractivity contribution in [2.24, 2.45) is 11.1 Å². The third-order valence-electron chi connectivity index (χ3n) is 3.12. The largest absolute Gasteiger partial charge is 0.388 e. The average molecular weight is 230 g/mol. The summed E-state index contributed by atoms with van der Waals surface area (Å²) in [4.78, 5) is 11.7.